The summed E-state index contributed by atoms with van der Waals surface area (Å²) in [5, 5.41) is 115. The van der Waals surface area contributed by atoms with Crippen molar-refractivity contribution in [3.63, 3.8) is 0 Å². The highest BCUT2D eigenvalue weighted by Gasteiger charge is 2.55. The predicted molar refractivity (Wildman–Crippen MR) is 191 cm³/mol. The van der Waals surface area contributed by atoms with Gasteiger partial charge in [0.2, 0.25) is 0 Å². The highest BCUT2D eigenvalue weighted by Crippen LogP contribution is 2.35. The van der Waals surface area contributed by atoms with Crippen molar-refractivity contribution < 1.29 is 104 Å². The number of hydrogen-bond acceptors (Lipinski definition) is 21. The quantitative estimate of drug-likeness (QED) is 0.0575. The zero-order valence-corrected chi connectivity index (χ0v) is 31.3. The Morgan fingerprint density at radius 3 is 1.81 bits per heavy atom. The molecule has 58 heavy (non-hydrogen) atoms. The lowest BCUT2D eigenvalue weighted by molar-refractivity contribution is -0.389. The fourth-order valence-corrected chi connectivity index (χ4v) is 6.61. The van der Waals surface area contributed by atoms with Crippen molar-refractivity contribution in [2.45, 2.75) is 98.5 Å². The molecule has 0 spiro atoms. The van der Waals surface area contributed by atoms with Crippen LogP contribution < -0.4 is 9.47 Å². The monoisotopic (exact) mass is 830 g/mol. The minimum Gasteiger partial charge on any atom is -0.504 e. The standard InChI is InChI=1S/C37H50O21/c1-50-20-6-3-16(11-18(20)41)5-8-25(43)56-32-24(15-40)55-35(52-10-9-17-4-7-21(51-2)19(42)12-17)31(49)33(32)57-37-34(29(47)27(45)23(14-39)54-37)58-36-30(48)28(46)26(44)22(13-38)53-36/h3-8,11-12,22-24,26-42,44-49H,9-10,13-15H2,1-2H3. The molecule has 3 fully saturated rings. The SMILES string of the molecule is COc1ccc(C=CC(=O)OC2C(CO)OC(OCCc3ccc(OC)c(O)c3)C(O)C2OC2OC(CO)C(O)C(O)C2OC2OC(CO)C(O)C(O)C2O)cc1O. The smallest absolute Gasteiger partial charge is 0.331 e. The van der Waals surface area contributed by atoms with E-state index in [1.54, 1.807) is 6.07 Å². The van der Waals surface area contributed by atoms with Crippen LogP contribution in [0.15, 0.2) is 42.5 Å². The largest absolute Gasteiger partial charge is 0.504 e. The van der Waals surface area contributed by atoms with Gasteiger partial charge in [-0.25, -0.2) is 4.79 Å². The lowest BCUT2D eigenvalue weighted by atomic mass is 9.96. The number of phenols is 2. The summed E-state index contributed by atoms with van der Waals surface area (Å²) in [7, 11) is 2.74. The molecule has 324 valence electrons. The number of carbonyl (C=O) groups is 1. The molecular weight excluding hydrogens is 780 g/mol. The van der Waals surface area contributed by atoms with E-state index in [9.17, 15) is 61.0 Å². The van der Waals surface area contributed by atoms with Gasteiger partial charge in [0, 0.05) is 6.08 Å². The topological polar surface area (TPSA) is 323 Å². The Morgan fingerprint density at radius 2 is 1.21 bits per heavy atom. The van der Waals surface area contributed by atoms with Crippen molar-refractivity contribution in [3.05, 3.63) is 53.6 Å². The molecule has 3 aliphatic rings. The first kappa shape index (κ1) is 45.3. The van der Waals surface area contributed by atoms with E-state index < -0.39 is 118 Å². The third-order valence-electron chi connectivity index (χ3n) is 9.83. The molecule has 0 aromatic heterocycles. The number of carbonyl (C=O) groups excluding carboxylic acids is 1. The summed E-state index contributed by atoms with van der Waals surface area (Å²) in [6.45, 7) is -2.69. The van der Waals surface area contributed by atoms with Crippen LogP contribution in [0.1, 0.15) is 11.1 Å². The highest BCUT2D eigenvalue weighted by atomic mass is 16.8. The minimum absolute atomic E-state index is 0.133. The van der Waals surface area contributed by atoms with Gasteiger partial charge in [-0.05, 0) is 47.9 Å². The number of hydrogen-bond donors (Lipinski definition) is 11. The van der Waals surface area contributed by atoms with Crippen LogP contribution in [0.25, 0.3) is 6.08 Å². The second-order valence-electron chi connectivity index (χ2n) is 13.6. The second-order valence-corrected chi connectivity index (χ2v) is 13.6. The fourth-order valence-electron chi connectivity index (χ4n) is 6.61. The maximum absolute atomic E-state index is 13.3. The molecule has 3 heterocycles. The number of methoxy groups -OCH3 is 2. The molecule has 2 aromatic carbocycles. The van der Waals surface area contributed by atoms with Gasteiger partial charge in [-0.15, -0.1) is 0 Å². The number of aliphatic hydroxyl groups excluding tert-OH is 9. The molecule has 11 N–H and O–H groups in total. The maximum Gasteiger partial charge on any atom is 0.331 e. The molecule has 0 amide bonds. The Bertz CT molecular complexity index is 1660. The molecule has 15 unspecified atom stereocenters. The summed E-state index contributed by atoms with van der Waals surface area (Å²) in [5.41, 5.74) is 0.956. The number of esters is 1. The van der Waals surface area contributed by atoms with E-state index in [1.807, 2.05) is 0 Å². The van der Waals surface area contributed by atoms with Gasteiger partial charge in [0.1, 0.15) is 67.1 Å². The van der Waals surface area contributed by atoms with Gasteiger partial charge >= 0.3 is 5.97 Å². The van der Waals surface area contributed by atoms with E-state index in [0.717, 1.165) is 6.08 Å². The second kappa shape index (κ2) is 20.5. The highest BCUT2D eigenvalue weighted by molar-refractivity contribution is 5.87. The van der Waals surface area contributed by atoms with Crippen LogP contribution in [-0.2, 0) is 44.4 Å². The van der Waals surface area contributed by atoms with Gasteiger partial charge in [0.05, 0.1) is 40.6 Å². The van der Waals surface area contributed by atoms with Crippen molar-refractivity contribution in [1.29, 1.82) is 0 Å². The molecule has 2 aromatic rings. The maximum atomic E-state index is 13.3. The van der Waals surface area contributed by atoms with Gasteiger partial charge in [0.25, 0.3) is 0 Å². The van der Waals surface area contributed by atoms with Crippen molar-refractivity contribution >= 4 is 12.0 Å². The minimum atomic E-state index is -1.99. The molecule has 0 saturated carbocycles. The normalized spacial score (nSPS) is 35.5. The first-order valence-corrected chi connectivity index (χ1v) is 18.2. The third-order valence-corrected chi connectivity index (χ3v) is 9.83. The van der Waals surface area contributed by atoms with E-state index in [2.05, 4.69) is 0 Å². The number of ether oxygens (including phenoxy) is 9. The van der Waals surface area contributed by atoms with Crippen molar-refractivity contribution in [2.75, 3.05) is 40.6 Å². The molecule has 21 nitrogen and oxygen atoms in total. The Kier molecular flexibility index (Phi) is 16.0. The molecule has 15 atom stereocenters. The molecule has 5 rings (SSSR count). The van der Waals surface area contributed by atoms with Crippen LogP contribution in [0.4, 0.5) is 0 Å². The summed E-state index contributed by atoms with van der Waals surface area (Å²) in [4.78, 5) is 13.3. The molecule has 0 aliphatic carbocycles. The lowest BCUT2D eigenvalue weighted by Gasteiger charge is -2.48. The zero-order chi connectivity index (χ0) is 42.3. The van der Waals surface area contributed by atoms with Gasteiger partial charge < -0.3 is 98.8 Å². The van der Waals surface area contributed by atoms with Crippen molar-refractivity contribution in [3.8, 4) is 23.0 Å². The van der Waals surface area contributed by atoms with Crippen LogP contribution in [0.5, 0.6) is 23.0 Å². The molecule has 21 heteroatoms. The molecular formula is C37H50O21. The summed E-state index contributed by atoms with van der Waals surface area (Å²) in [5.74, 6) is -0.987. The van der Waals surface area contributed by atoms with Gasteiger partial charge in [0.15, 0.2) is 48.0 Å². The number of aliphatic hydroxyl groups is 9. The van der Waals surface area contributed by atoms with E-state index in [4.69, 9.17) is 42.6 Å². The van der Waals surface area contributed by atoms with E-state index in [1.165, 1.54) is 50.6 Å². The lowest BCUT2D eigenvalue weighted by Crippen LogP contribution is -2.67. The number of aromatic hydroxyl groups is 2. The Balaban J connectivity index is 1.42. The molecule has 3 saturated heterocycles. The average molecular weight is 831 g/mol. The van der Waals surface area contributed by atoms with Crippen molar-refractivity contribution in [1.82, 2.24) is 0 Å². The zero-order valence-electron chi connectivity index (χ0n) is 31.3. The van der Waals surface area contributed by atoms with E-state index in [-0.39, 0.29) is 36.0 Å². The van der Waals surface area contributed by atoms with Crippen molar-refractivity contribution in [2.24, 2.45) is 0 Å². The summed E-state index contributed by atoms with van der Waals surface area (Å²) in [6, 6.07) is 8.91. The van der Waals surface area contributed by atoms with Crippen LogP contribution in [0, 0.1) is 0 Å². The number of benzene rings is 2. The van der Waals surface area contributed by atoms with Gasteiger partial charge in [-0.1, -0.05) is 12.1 Å². The Morgan fingerprint density at radius 1 is 0.638 bits per heavy atom. The first-order valence-electron chi connectivity index (χ1n) is 18.2. The average Bonchev–Trinajstić information content (AvgIpc) is 3.21. The number of rotatable bonds is 16. The van der Waals surface area contributed by atoms with Crippen LogP contribution in [-0.4, -0.2) is 195 Å². The Labute approximate surface area is 331 Å². The van der Waals surface area contributed by atoms with Crippen LogP contribution >= 0.6 is 0 Å². The molecule has 0 radical (unpaired) electrons. The van der Waals surface area contributed by atoms with E-state index in [0.29, 0.717) is 11.1 Å². The first-order chi connectivity index (χ1) is 27.7. The summed E-state index contributed by atoms with van der Waals surface area (Å²) < 4.78 is 50.4. The fraction of sp³-hybridized carbons (Fsp3) is 0.595. The van der Waals surface area contributed by atoms with Crippen LogP contribution in [0.3, 0.4) is 0 Å². The van der Waals surface area contributed by atoms with Gasteiger partial charge in [-0.3, -0.25) is 0 Å². The summed E-state index contributed by atoms with van der Waals surface area (Å²) in [6.07, 6.45) is -24.2. The van der Waals surface area contributed by atoms with Crippen LogP contribution in [0.2, 0.25) is 0 Å². The van der Waals surface area contributed by atoms with E-state index >= 15 is 0 Å². The molecule has 0 bridgehead atoms. The Hall–Kier alpha value is -3.75. The van der Waals surface area contributed by atoms with Gasteiger partial charge in [-0.2, -0.15) is 0 Å². The predicted octanol–water partition coefficient (Wildman–Crippen LogP) is -3.61. The molecule has 3 aliphatic heterocycles. The number of phenolic OH excluding ortho intramolecular Hbond substituents is 2. The summed E-state index contributed by atoms with van der Waals surface area (Å²) >= 11 is 0. The third kappa shape index (κ3) is 10.3.